The molecular weight excluding hydrogens is 144 g/mol. The van der Waals surface area contributed by atoms with Gasteiger partial charge in [0.15, 0.2) is 6.29 Å². The Hall–Kier alpha value is -0.120. The van der Waals surface area contributed by atoms with E-state index >= 15 is 0 Å². The maximum absolute atomic E-state index is 9.32. The summed E-state index contributed by atoms with van der Waals surface area (Å²) in [6.45, 7) is 1.41. The quantitative estimate of drug-likeness (QED) is 0.662. The maximum Gasteiger partial charge on any atom is 0.157 e. The summed E-state index contributed by atoms with van der Waals surface area (Å²) in [5.41, 5.74) is 0. The Labute approximate surface area is 67.3 Å². The average molecular weight is 160 g/mol. The van der Waals surface area contributed by atoms with Crippen molar-refractivity contribution in [2.75, 3.05) is 20.3 Å². The summed E-state index contributed by atoms with van der Waals surface area (Å²) in [6.07, 6.45) is 2.46. The van der Waals surface area contributed by atoms with Gasteiger partial charge >= 0.3 is 0 Å². The van der Waals surface area contributed by atoms with Gasteiger partial charge in [-0.25, -0.2) is 0 Å². The molecule has 0 aromatic heterocycles. The van der Waals surface area contributed by atoms with E-state index in [2.05, 4.69) is 0 Å². The van der Waals surface area contributed by atoms with Crippen LogP contribution in [0.3, 0.4) is 0 Å². The van der Waals surface area contributed by atoms with Crippen molar-refractivity contribution in [3.8, 4) is 0 Å². The van der Waals surface area contributed by atoms with Gasteiger partial charge in [0.25, 0.3) is 0 Å². The minimum Gasteiger partial charge on any atom is -0.385 e. The van der Waals surface area contributed by atoms with Gasteiger partial charge in [0, 0.05) is 26.2 Å². The molecule has 0 aromatic rings. The molecule has 0 aliphatic carbocycles. The Bertz CT molecular complexity index is 106. The molecule has 0 aromatic carbocycles. The minimum absolute atomic E-state index is 0.281. The summed E-state index contributed by atoms with van der Waals surface area (Å²) in [4.78, 5) is 0. The predicted molar refractivity (Wildman–Crippen MR) is 41.2 cm³/mol. The van der Waals surface area contributed by atoms with Crippen LogP contribution in [0.25, 0.3) is 0 Å². The Kier molecular flexibility index (Phi) is 3.83. The fraction of sp³-hybridized carbons (Fsp3) is 1.00. The molecule has 3 nitrogen and oxygen atoms in total. The molecule has 1 heterocycles. The molecule has 0 saturated carbocycles. The van der Waals surface area contributed by atoms with Gasteiger partial charge in [0.2, 0.25) is 0 Å². The molecule has 0 bridgehead atoms. The number of hydrogen-bond donors (Lipinski definition) is 1. The summed E-state index contributed by atoms with van der Waals surface area (Å²) >= 11 is 0. The SMILES string of the molecule is COCCC1CCCOC1O. The monoisotopic (exact) mass is 160 g/mol. The summed E-state index contributed by atoms with van der Waals surface area (Å²) in [5, 5.41) is 9.32. The molecule has 1 aliphatic rings. The molecule has 1 N–H and O–H groups in total. The van der Waals surface area contributed by atoms with Crippen LogP contribution >= 0.6 is 0 Å². The molecule has 0 spiro atoms. The van der Waals surface area contributed by atoms with Crippen molar-refractivity contribution >= 4 is 0 Å². The van der Waals surface area contributed by atoms with E-state index in [-0.39, 0.29) is 5.92 Å². The third kappa shape index (κ3) is 2.77. The van der Waals surface area contributed by atoms with Gasteiger partial charge in [-0.1, -0.05) is 0 Å². The second kappa shape index (κ2) is 4.70. The van der Waals surface area contributed by atoms with E-state index in [4.69, 9.17) is 9.47 Å². The third-order valence-electron chi connectivity index (χ3n) is 2.10. The fourth-order valence-electron chi connectivity index (χ4n) is 1.38. The van der Waals surface area contributed by atoms with E-state index in [1.165, 1.54) is 0 Å². The number of hydrogen-bond acceptors (Lipinski definition) is 3. The highest BCUT2D eigenvalue weighted by atomic mass is 16.6. The van der Waals surface area contributed by atoms with Crippen LogP contribution < -0.4 is 0 Å². The highest BCUT2D eigenvalue weighted by Crippen LogP contribution is 2.21. The Balaban J connectivity index is 2.18. The number of aliphatic hydroxyl groups is 1. The molecule has 1 rings (SSSR count). The lowest BCUT2D eigenvalue weighted by Crippen LogP contribution is -2.29. The lowest BCUT2D eigenvalue weighted by Gasteiger charge is -2.27. The first-order valence-corrected chi connectivity index (χ1v) is 4.13. The van der Waals surface area contributed by atoms with Gasteiger partial charge in [0.1, 0.15) is 0 Å². The van der Waals surface area contributed by atoms with Crippen LogP contribution in [-0.2, 0) is 9.47 Å². The molecule has 0 radical (unpaired) electrons. The molecule has 11 heavy (non-hydrogen) atoms. The van der Waals surface area contributed by atoms with Gasteiger partial charge in [-0.3, -0.25) is 0 Å². The standard InChI is InChI=1S/C8H16O3/c1-10-6-4-7-3-2-5-11-8(7)9/h7-9H,2-6H2,1H3. The smallest absolute Gasteiger partial charge is 0.157 e. The Morgan fingerprint density at radius 3 is 3.09 bits per heavy atom. The number of ether oxygens (including phenoxy) is 2. The van der Waals surface area contributed by atoms with E-state index < -0.39 is 6.29 Å². The van der Waals surface area contributed by atoms with Gasteiger partial charge in [0.05, 0.1) is 0 Å². The lowest BCUT2D eigenvalue weighted by molar-refractivity contribution is -0.162. The number of rotatable bonds is 3. The van der Waals surface area contributed by atoms with Crippen LogP contribution in [0.4, 0.5) is 0 Å². The molecule has 2 unspecified atom stereocenters. The zero-order chi connectivity index (χ0) is 8.10. The molecule has 1 fully saturated rings. The van der Waals surface area contributed by atoms with Crippen LogP contribution in [-0.4, -0.2) is 31.7 Å². The summed E-state index contributed by atoms with van der Waals surface area (Å²) in [6, 6.07) is 0. The number of methoxy groups -OCH3 is 1. The van der Waals surface area contributed by atoms with Crippen molar-refractivity contribution in [1.82, 2.24) is 0 Å². The van der Waals surface area contributed by atoms with E-state index in [0.717, 1.165) is 19.3 Å². The van der Waals surface area contributed by atoms with Crippen molar-refractivity contribution in [2.24, 2.45) is 5.92 Å². The second-order valence-corrected chi connectivity index (χ2v) is 2.95. The van der Waals surface area contributed by atoms with Gasteiger partial charge < -0.3 is 14.6 Å². The molecular formula is C8H16O3. The van der Waals surface area contributed by atoms with Crippen LogP contribution in [0.2, 0.25) is 0 Å². The first-order chi connectivity index (χ1) is 5.34. The van der Waals surface area contributed by atoms with Crippen LogP contribution in [0.15, 0.2) is 0 Å². The average Bonchev–Trinajstić information content (AvgIpc) is 2.03. The topological polar surface area (TPSA) is 38.7 Å². The fourth-order valence-corrected chi connectivity index (χ4v) is 1.38. The lowest BCUT2D eigenvalue weighted by atomic mass is 9.97. The highest BCUT2D eigenvalue weighted by molar-refractivity contribution is 4.66. The highest BCUT2D eigenvalue weighted by Gasteiger charge is 2.22. The first-order valence-electron chi connectivity index (χ1n) is 4.13. The molecule has 0 amide bonds. The van der Waals surface area contributed by atoms with Crippen LogP contribution in [0.1, 0.15) is 19.3 Å². The zero-order valence-corrected chi connectivity index (χ0v) is 6.95. The minimum atomic E-state index is -0.557. The Morgan fingerprint density at radius 2 is 2.45 bits per heavy atom. The van der Waals surface area contributed by atoms with E-state index in [1.54, 1.807) is 7.11 Å². The Morgan fingerprint density at radius 1 is 1.64 bits per heavy atom. The van der Waals surface area contributed by atoms with Crippen molar-refractivity contribution in [1.29, 1.82) is 0 Å². The normalized spacial score (nSPS) is 32.2. The molecule has 1 saturated heterocycles. The van der Waals surface area contributed by atoms with E-state index in [0.29, 0.717) is 13.2 Å². The van der Waals surface area contributed by atoms with Crippen LogP contribution in [0, 0.1) is 5.92 Å². The van der Waals surface area contributed by atoms with Crippen molar-refractivity contribution < 1.29 is 14.6 Å². The van der Waals surface area contributed by atoms with Crippen molar-refractivity contribution in [3.05, 3.63) is 0 Å². The van der Waals surface area contributed by atoms with Gasteiger partial charge in [-0.05, 0) is 19.3 Å². The predicted octanol–water partition coefficient (Wildman–Crippen LogP) is 0.768. The summed E-state index contributed by atoms with van der Waals surface area (Å²) in [7, 11) is 1.68. The van der Waals surface area contributed by atoms with Gasteiger partial charge in [-0.15, -0.1) is 0 Å². The van der Waals surface area contributed by atoms with Gasteiger partial charge in [-0.2, -0.15) is 0 Å². The first kappa shape index (κ1) is 8.97. The summed E-state index contributed by atoms with van der Waals surface area (Å²) < 4.78 is 10.0. The number of aliphatic hydroxyl groups excluding tert-OH is 1. The largest absolute Gasteiger partial charge is 0.385 e. The third-order valence-corrected chi connectivity index (χ3v) is 2.10. The maximum atomic E-state index is 9.32. The second-order valence-electron chi connectivity index (χ2n) is 2.95. The van der Waals surface area contributed by atoms with Crippen LogP contribution in [0.5, 0.6) is 0 Å². The summed E-state index contributed by atoms with van der Waals surface area (Å²) in [5.74, 6) is 0.281. The molecule has 1 aliphatic heterocycles. The molecule has 3 heteroatoms. The van der Waals surface area contributed by atoms with E-state index in [9.17, 15) is 5.11 Å². The molecule has 2 atom stereocenters. The van der Waals surface area contributed by atoms with Crippen molar-refractivity contribution in [2.45, 2.75) is 25.6 Å². The zero-order valence-electron chi connectivity index (χ0n) is 6.95. The molecule has 66 valence electrons. The van der Waals surface area contributed by atoms with E-state index in [1.807, 2.05) is 0 Å². The van der Waals surface area contributed by atoms with Crippen molar-refractivity contribution in [3.63, 3.8) is 0 Å².